The van der Waals surface area contributed by atoms with E-state index in [2.05, 4.69) is 10.1 Å². The summed E-state index contributed by atoms with van der Waals surface area (Å²) < 4.78 is 43.5. The molecule has 4 rings (SSSR count). The minimum absolute atomic E-state index is 0.00459. The molecule has 0 aromatic heterocycles. The summed E-state index contributed by atoms with van der Waals surface area (Å²) in [6.07, 6.45) is -0.478. The number of ether oxygens (including phenoxy) is 1. The molecule has 2 aliphatic rings. The van der Waals surface area contributed by atoms with Gasteiger partial charge in [0.2, 0.25) is 5.91 Å². The van der Waals surface area contributed by atoms with Gasteiger partial charge >= 0.3 is 12.3 Å². The van der Waals surface area contributed by atoms with E-state index in [-0.39, 0.29) is 24.1 Å². The number of rotatable bonds is 7. The van der Waals surface area contributed by atoms with Crippen LogP contribution in [-0.2, 0) is 16.1 Å². The first-order chi connectivity index (χ1) is 18.4. The summed E-state index contributed by atoms with van der Waals surface area (Å²) in [6.45, 7) is 5.84. The van der Waals surface area contributed by atoms with E-state index < -0.39 is 41.8 Å². The number of carboxylic acids is 1. The van der Waals surface area contributed by atoms with Gasteiger partial charge in [0.15, 0.2) is 0 Å². The quantitative estimate of drug-likeness (QED) is 0.425. The maximum atomic E-state index is 14.1. The fraction of sp³-hybridized carbons (Fsp3) is 0.533. The van der Waals surface area contributed by atoms with E-state index in [4.69, 9.17) is 0 Å². The van der Waals surface area contributed by atoms with Crippen molar-refractivity contribution in [2.45, 2.75) is 83.9 Å². The lowest BCUT2D eigenvalue weighted by atomic mass is 9.72. The molecule has 4 atom stereocenters. The summed E-state index contributed by atoms with van der Waals surface area (Å²) in [5, 5.41) is 13.9. The number of nitrogens with one attached hydrogen (secondary N) is 1. The third-order valence-electron chi connectivity index (χ3n) is 8.00. The molecule has 39 heavy (non-hydrogen) atoms. The van der Waals surface area contributed by atoms with E-state index in [0.29, 0.717) is 5.56 Å². The van der Waals surface area contributed by atoms with Gasteiger partial charge in [-0.2, -0.15) is 0 Å². The zero-order valence-corrected chi connectivity index (χ0v) is 22.6. The molecule has 6 nitrogen and oxygen atoms in total. The van der Waals surface area contributed by atoms with Crippen molar-refractivity contribution in [3.63, 3.8) is 0 Å². The molecule has 0 radical (unpaired) electrons. The first kappa shape index (κ1) is 28.9. The molecule has 2 aromatic rings. The number of carboxylic acid groups (broad SMARTS) is 1. The third kappa shape index (κ3) is 6.57. The highest BCUT2D eigenvalue weighted by atomic mass is 19.4. The molecular weight excluding hydrogens is 509 g/mol. The second-order valence-electron chi connectivity index (χ2n) is 11.7. The van der Waals surface area contributed by atoms with Gasteiger partial charge in [-0.3, -0.25) is 4.79 Å². The second-order valence-corrected chi connectivity index (χ2v) is 11.7. The van der Waals surface area contributed by atoms with Crippen LogP contribution in [0.3, 0.4) is 0 Å². The van der Waals surface area contributed by atoms with Crippen LogP contribution in [0.5, 0.6) is 5.75 Å². The van der Waals surface area contributed by atoms with Crippen LogP contribution in [0.2, 0.25) is 0 Å². The number of carbonyl (C=O) groups excluding carboxylic acids is 1. The summed E-state index contributed by atoms with van der Waals surface area (Å²) in [5.41, 5.74) is 0.535. The molecule has 2 fully saturated rings. The minimum atomic E-state index is -4.85. The molecule has 0 spiro atoms. The molecule has 0 unspecified atom stereocenters. The summed E-state index contributed by atoms with van der Waals surface area (Å²) in [6, 6.07) is 13.0. The topological polar surface area (TPSA) is 78.9 Å². The fourth-order valence-corrected chi connectivity index (χ4v) is 6.39. The molecule has 1 aliphatic heterocycles. The van der Waals surface area contributed by atoms with Gasteiger partial charge in [-0.15, -0.1) is 13.2 Å². The molecule has 1 saturated carbocycles. The van der Waals surface area contributed by atoms with E-state index in [1.54, 1.807) is 17.0 Å². The normalized spacial score (nSPS) is 24.5. The van der Waals surface area contributed by atoms with Gasteiger partial charge in [0.05, 0.1) is 6.04 Å². The van der Waals surface area contributed by atoms with E-state index in [0.717, 1.165) is 37.7 Å². The number of hydrogen-bond donors (Lipinski definition) is 2. The predicted octanol–water partition coefficient (Wildman–Crippen LogP) is 6.32. The number of alkyl halides is 3. The number of amides is 1. The minimum Gasteiger partial charge on any atom is -0.480 e. The Kier molecular flexibility index (Phi) is 8.59. The van der Waals surface area contributed by atoms with Crippen molar-refractivity contribution in [2.75, 3.05) is 0 Å². The summed E-state index contributed by atoms with van der Waals surface area (Å²) in [7, 11) is 0. The van der Waals surface area contributed by atoms with Gasteiger partial charge in [-0.05, 0) is 29.9 Å². The van der Waals surface area contributed by atoms with Crippen molar-refractivity contribution < 1.29 is 32.6 Å². The lowest BCUT2D eigenvalue weighted by Gasteiger charge is -2.36. The molecule has 1 aliphatic carbocycles. The van der Waals surface area contributed by atoms with Crippen LogP contribution in [0.1, 0.15) is 70.0 Å². The van der Waals surface area contributed by atoms with Crippen molar-refractivity contribution in [1.29, 1.82) is 0 Å². The monoisotopic (exact) mass is 546 g/mol. The predicted molar refractivity (Wildman–Crippen MR) is 141 cm³/mol. The number of para-hydroxylation sites is 1. The number of aliphatic carboxylic acids is 1. The van der Waals surface area contributed by atoms with Crippen molar-refractivity contribution in [3.8, 4) is 5.75 Å². The molecule has 0 bridgehead atoms. The van der Waals surface area contributed by atoms with Gasteiger partial charge in [-0.25, -0.2) is 4.79 Å². The Labute approximate surface area is 227 Å². The zero-order chi connectivity index (χ0) is 28.4. The van der Waals surface area contributed by atoms with Crippen LogP contribution < -0.4 is 10.1 Å². The van der Waals surface area contributed by atoms with Crippen LogP contribution >= 0.6 is 0 Å². The number of halogens is 3. The highest BCUT2D eigenvalue weighted by molar-refractivity contribution is 5.87. The van der Waals surface area contributed by atoms with Crippen LogP contribution in [0.25, 0.3) is 0 Å². The highest BCUT2D eigenvalue weighted by Gasteiger charge is 2.58. The van der Waals surface area contributed by atoms with E-state index >= 15 is 0 Å². The summed E-state index contributed by atoms with van der Waals surface area (Å²) in [4.78, 5) is 28.6. The van der Waals surface area contributed by atoms with Crippen LogP contribution in [0.15, 0.2) is 54.6 Å². The summed E-state index contributed by atoms with van der Waals surface area (Å²) in [5.74, 6) is -2.32. The Bertz CT molecular complexity index is 1140. The maximum Gasteiger partial charge on any atom is 0.573 e. The van der Waals surface area contributed by atoms with Crippen LogP contribution in [0.4, 0.5) is 13.2 Å². The molecule has 1 saturated heterocycles. The average molecular weight is 547 g/mol. The van der Waals surface area contributed by atoms with Gasteiger partial charge < -0.3 is 20.1 Å². The Balaban J connectivity index is 1.78. The number of nitrogens with zero attached hydrogens (tertiary/aromatic N) is 1. The second kappa shape index (κ2) is 11.6. The molecule has 212 valence electrons. The Morgan fingerprint density at radius 1 is 0.974 bits per heavy atom. The first-order valence-electron chi connectivity index (χ1n) is 13.6. The smallest absolute Gasteiger partial charge is 0.480 e. The maximum absolute atomic E-state index is 14.1. The summed E-state index contributed by atoms with van der Waals surface area (Å²) >= 11 is 0. The van der Waals surface area contributed by atoms with Crippen molar-refractivity contribution in [1.82, 2.24) is 10.2 Å². The SMILES string of the molecule is CC(C)(C)[C@@H]1[C@@H](NCc2ccccc2OC(F)(F)F)[C@@H](c2ccccc2)N(C(=O)C2CCCCC2)[C@H]1C(=O)O. The lowest BCUT2D eigenvalue weighted by Crippen LogP contribution is -2.49. The standard InChI is InChI=1S/C30H37F3N2O4/c1-29(2,3)23-24(34-18-21-16-10-11-17-22(21)39-30(31,32)33)25(19-12-6-4-7-13-19)35(26(23)28(37)38)27(36)20-14-8-5-9-15-20/h4,6-7,10-13,16-17,20,23-26,34H,5,8-9,14-15,18H2,1-3H3,(H,37,38)/t23-,24-,25-,26-/m1/s1. The van der Waals surface area contributed by atoms with E-state index in [9.17, 15) is 27.9 Å². The number of carbonyl (C=O) groups is 2. The Hall–Kier alpha value is -3.07. The van der Waals surface area contributed by atoms with Gasteiger partial charge in [0.25, 0.3) is 0 Å². The number of hydrogen-bond acceptors (Lipinski definition) is 4. The zero-order valence-electron chi connectivity index (χ0n) is 22.6. The van der Waals surface area contributed by atoms with E-state index in [1.807, 2.05) is 51.1 Å². The Morgan fingerprint density at radius 3 is 2.18 bits per heavy atom. The number of benzene rings is 2. The van der Waals surface area contributed by atoms with Crippen molar-refractivity contribution in [3.05, 3.63) is 65.7 Å². The van der Waals surface area contributed by atoms with Gasteiger partial charge in [0, 0.05) is 30.0 Å². The lowest BCUT2D eigenvalue weighted by molar-refractivity contribution is -0.274. The third-order valence-corrected chi connectivity index (χ3v) is 8.00. The van der Waals surface area contributed by atoms with Gasteiger partial charge in [0.1, 0.15) is 11.8 Å². The average Bonchev–Trinajstić information content (AvgIpc) is 3.24. The van der Waals surface area contributed by atoms with Gasteiger partial charge in [-0.1, -0.05) is 88.6 Å². The van der Waals surface area contributed by atoms with Crippen LogP contribution in [-0.4, -0.2) is 40.3 Å². The first-order valence-corrected chi connectivity index (χ1v) is 13.6. The number of likely N-dealkylation sites (tertiary alicyclic amines) is 1. The fourth-order valence-electron chi connectivity index (χ4n) is 6.39. The van der Waals surface area contributed by atoms with Crippen molar-refractivity contribution >= 4 is 11.9 Å². The molecule has 9 heteroatoms. The molecule has 1 amide bonds. The van der Waals surface area contributed by atoms with Crippen LogP contribution in [0, 0.1) is 17.3 Å². The molecule has 2 N–H and O–H groups in total. The molecule has 2 aromatic carbocycles. The van der Waals surface area contributed by atoms with Crippen molar-refractivity contribution in [2.24, 2.45) is 17.3 Å². The Morgan fingerprint density at radius 2 is 1.59 bits per heavy atom. The highest BCUT2D eigenvalue weighted by Crippen LogP contribution is 2.49. The molecule has 1 heterocycles. The van der Waals surface area contributed by atoms with E-state index in [1.165, 1.54) is 12.1 Å². The molecular formula is C30H37F3N2O4. The largest absolute Gasteiger partial charge is 0.573 e.